The molecule has 0 radical (unpaired) electrons. The monoisotopic (exact) mass is 528 g/mol. The van der Waals surface area contributed by atoms with E-state index < -0.39 is 5.54 Å². The van der Waals surface area contributed by atoms with Gasteiger partial charge in [0.1, 0.15) is 11.3 Å². The summed E-state index contributed by atoms with van der Waals surface area (Å²) in [6.45, 7) is 6.67. The molecule has 2 N–H and O–H groups in total. The zero-order valence-corrected chi connectivity index (χ0v) is 22.2. The average molecular weight is 529 g/mol. The Balaban J connectivity index is 1.48. The zero-order valence-electron chi connectivity index (χ0n) is 21.4. The SMILES string of the molecule is CCN(Cc1nc(C)cs1)C(=O)c1cc(-c2ncco2)cc(-c2nnc(C(C)(N)Cc3ccccc3)o2)c1. The molecule has 0 fully saturated rings. The molecule has 38 heavy (non-hydrogen) atoms. The minimum Gasteiger partial charge on any atom is -0.445 e. The van der Waals surface area contributed by atoms with Crippen molar-refractivity contribution < 1.29 is 13.6 Å². The minimum absolute atomic E-state index is 0.150. The molecule has 2 aromatic carbocycles. The first-order chi connectivity index (χ1) is 18.3. The maximum atomic E-state index is 13.6. The number of nitrogens with two attached hydrogens (primary N) is 1. The highest BCUT2D eigenvalue weighted by atomic mass is 32.1. The van der Waals surface area contributed by atoms with Crippen molar-refractivity contribution >= 4 is 17.2 Å². The quantitative estimate of drug-likeness (QED) is 0.276. The molecule has 0 aliphatic heterocycles. The molecular weight excluding hydrogens is 500 g/mol. The fourth-order valence-electron chi connectivity index (χ4n) is 4.18. The molecule has 1 atom stereocenters. The van der Waals surface area contributed by atoms with Crippen LogP contribution in [0.3, 0.4) is 0 Å². The lowest BCUT2D eigenvalue weighted by Gasteiger charge is -2.20. The van der Waals surface area contributed by atoms with E-state index in [1.165, 1.54) is 17.6 Å². The van der Waals surface area contributed by atoms with Crippen LogP contribution in [0.4, 0.5) is 0 Å². The van der Waals surface area contributed by atoms with Crippen molar-refractivity contribution in [3.8, 4) is 22.9 Å². The summed E-state index contributed by atoms with van der Waals surface area (Å²) in [6.07, 6.45) is 3.57. The molecule has 5 aromatic rings. The first-order valence-electron chi connectivity index (χ1n) is 12.2. The van der Waals surface area contributed by atoms with Crippen molar-refractivity contribution in [2.24, 2.45) is 5.73 Å². The maximum Gasteiger partial charge on any atom is 0.254 e. The molecule has 0 spiro atoms. The fourth-order valence-corrected chi connectivity index (χ4v) is 4.96. The molecule has 0 bridgehead atoms. The molecule has 0 aliphatic carbocycles. The summed E-state index contributed by atoms with van der Waals surface area (Å²) in [6, 6.07) is 15.2. The molecule has 0 saturated heterocycles. The smallest absolute Gasteiger partial charge is 0.254 e. The first kappa shape index (κ1) is 25.5. The van der Waals surface area contributed by atoms with E-state index in [-0.39, 0.29) is 11.8 Å². The van der Waals surface area contributed by atoms with Crippen LogP contribution in [0.5, 0.6) is 0 Å². The molecule has 0 aliphatic rings. The third kappa shape index (κ3) is 5.56. The lowest BCUT2D eigenvalue weighted by atomic mass is 9.94. The Bertz CT molecular complexity index is 1530. The molecule has 9 nitrogen and oxygen atoms in total. The van der Waals surface area contributed by atoms with Crippen LogP contribution < -0.4 is 5.73 Å². The molecule has 10 heteroatoms. The first-order valence-corrected chi connectivity index (χ1v) is 13.1. The number of rotatable bonds is 9. The third-order valence-electron chi connectivity index (χ3n) is 6.10. The van der Waals surface area contributed by atoms with Gasteiger partial charge in [0.2, 0.25) is 17.7 Å². The number of oxazole rings is 1. The van der Waals surface area contributed by atoms with E-state index in [4.69, 9.17) is 14.6 Å². The van der Waals surface area contributed by atoms with Gasteiger partial charge in [-0.25, -0.2) is 9.97 Å². The number of thiazole rings is 1. The number of aromatic nitrogens is 4. The van der Waals surface area contributed by atoms with Crippen LogP contribution in [0.15, 0.2) is 75.2 Å². The topological polar surface area (TPSA) is 124 Å². The van der Waals surface area contributed by atoms with Crippen LogP contribution in [0, 0.1) is 6.92 Å². The Labute approximate surface area is 224 Å². The van der Waals surface area contributed by atoms with Gasteiger partial charge in [0, 0.05) is 34.3 Å². The van der Waals surface area contributed by atoms with Crippen LogP contribution in [0.2, 0.25) is 0 Å². The number of hydrogen-bond acceptors (Lipinski definition) is 9. The Kier molecular flexibility index (Phi) is 7.17. The Hall–Kier alpha value is -4.15. The summed E-state index contributed by atoms with van der Waals surface area (Å²) in [5, 5.41) is 11.4. The minimum atomic E-state index is -0.879. The van der Waals surface area contributed by atoms with Gasteiger partial charge in [-0.05, 0) is 51.0 Å². The zero-order chi connectivity index (χ0) is 26.7. The van der Waals surface area contributed by atoms with Crippen LogP contribution >= 0.6 is 11.3 Å². The van der Waals surface area contributed by atoms with E-state index in [9.17, 15) is 4.79 Å². The van der Waals surface area contributed by atoms with Gasteiger partial charge >= 0.3 is 0 Å². The summed E-state index contributed by atoms with van der Waals surface area (Å²) in [4.78, 5) is 24.1. The molecule has 5 rings (SSSR count). The number of carbonyl (C=O) groups is 1. The Morgan fingerprint density at radius 3 is 2.53 bits per heavy atom. The number of nitrogens with zero attached hydrogens (tertiary/aromatic N) is 5. The number of benzene rings is 2. The van der Waals surface area contributed by atoms with E-state index in [2.05, 4.69) is 20.2 Å². The summed E-state index contributed by atoms with van der Waals surface area (Å²) < 4.78 is 11.6. The van der Waals surface area contributed by atoms with Crippen LogP contribution in [-0.4, -0.2) is 37.5 Å². The van der Waals surface area contributed by atoms with Crippen molar-refractivity contribution in [1.82, 2.24) is 25.1 Å². The van der Waals surface area contributed by atoms with Crippen LogP contribution in [0.25, 0.3) is 22.9 Å². The lowest BCUT2D eigenvalue weighted by molar-refractivity contribution is 0.0752. The fraction of sp³-hybridized carbons (Fsp3) is 0.250. The molecule has 3 heterocycles. The maximum absolute atomic E-state index is 13.6. The van der Waals surface area contributed by atoms with Gasteiger partial charge in [0.05, 0.1) is 18.3 Å². The van der Waals surface area contributed by atoms with Crippen molar-refractivity contribution in [3.63, 3.8) is 0 Å². The highest BCUT2D eigenvalue weighted by Crippen LogP contribution is 2.30. The second kappa shape index (κ2) is 10.7. The standard InChI is InChI=1S/C28H28N6O3S/c1-4-34(16-23-31-18(2)17-38-23)26(35)22-13-20(24-30-10-11-36-24)12-21(14-22)25-32-33-27(37-25)28(3,29)15-19-8-6-5-7-9-19/h5-14,17H,4,15-16,29H2,1-3H3. The van der Waals surface area contributed by atoms with Crippen LogP contribution in [0.1, 0.15) is 46.4 Å². The molecule has 0 saturated carbocycles. The highest BCUT2D eigenvalue weighted by molar-refractivity contribution is 7.09. The van der Waals surface area contributed by atoms with Crippen molar-refractivity contribution in [3.05, 3.63) is 94.1 Å². The van der Waals surface area contributed by atoms with Crippen molar-refractivity contribution in [2.75, 3.05) is 6.54 Å². The number of hydrogen-bond donors (Lipinski definition) is 1. The lowest BCUT2D eigenvalue weighted by Crippen LogP contribution is -2.35. The van der Waals surface area contributed by atoms with Gasteiger partial charge in [-0.1, -0.05) is 30.3 Å². The molecular formula is C28H28N6O3S. The van der Waals surface area contributed by atoms with Crippen LogP contribution in [-0.2, 0) is 18.5 Å². The highest BCUT2D eigenvalue weighted by Gasteiger charge is 2.29. The number of aryl methyl sites for hydroxylation is 1. The summed E-state index contributed by atoms with van der Waals surface area (Å²) in [5.41, 5.74) is 9.35. The largest absolute Gasteiger partial charge is 0.445 e. The van der Waals surface area contributed by atoms with E-state index in [1.54, 1.807) is 23.2 Å². The second-order valence-corrected chi connectivity index (χ2v) is 10.3. The van der Waals surface area contributed by atoms with Gasteiger partial charge in [-0.15, -0.1) is 21.5 Å². The third-order valence-corrected chi connectivity index (χ3v) is 7.05. The van der Waals surface area contributed by atoms with Crippen molar-refractivity contribution in [1.29, 1.82) is 0 Å². The molecule has 194 valence electrons. The second-order valence-electron chi connectivity index (χ2n) is 9.33. The van der Waals surface area contributed by atoms with Gasteiger partial charge in [-0.2, -0.15) is 0 Å². The summed E-state index contributed by atoms with van der Waals surface area (Å²) >= 11 is 1.54. The summed E-state index contributed by atoms with van der Waals surface area (Å²) in [7, 11) is 0. The van der Waals surface area contributed by atoms with E-state index >= 15 is 0 Å². The number of carbonyl (C=O) groups excluding carboxylic acids is 1. The summed E-state index contributed by atoms with van der Waals surface area (Å²) in [5.74, 6) is 0.792. The van der Waals surface area contributed by atoms with E-state index in [0.717, 1.165) is 16.3 Å². The molecule has 1 amide bonds. The normalized spacial score (nSPS) is 12.8. The van der Waals surface area contributed by atoms with E-state index in [0.29, 0.717) is 48.0 Å². The van der Waals surface area contributed by atoms with Gasteiger partial charge in [0.15, 0.2) is 0 Å². The van der Waals surface area contributed by atoms with Gasteiger partial charge in [0.25, 0.3) is 5.91 Å². The van der Waals surface area contributed by atoms with Gasteiger partial charge in [-0.3, -0.25) is 4.79 Å². The molecule has 1 unspecified atom stereocenters. The number of amides is 1. The van der Waals surface area contributed by atoms with Gasteiger partial charge < -0.3 is 19.5 Å². The Morgan fingerprint density at radius 2 is 1.87 bits per heavy atom. The Morgan fingerprint density at radius 1 is 1.11 bits per heavy atom. The predicted molar refractivity (Wildman–Crippen MR) is 144 cm³/mol. The van der Waals surface area contributed by atoms with Crippen molar-refractivity contribution in [2.45, 2.75) is 39.3 Å². The predicted octanol–water partition coefficient (Wildman–Crippen LogP) is 5.24. The van der Waals surface area contributed by atoms with E-state index in [1.807, 2.05) is 62.5 Å². The average Bonchev–Trinajstić information content (AvgIpc) is 3.70. The molecule has 3 aromatic heterocycles.